The highest BCUT2D eigenvalue weighted by atomic mass is 16.6. The van der Waals surface area contributed by atoms with Crippen molar-refractivity contribution in [3.05, 3.63) is 71.8 Å². The zero-order valence-corrected chi connectivity index (χ0v) is 16.9. The van der Waals surface area contributed by atoms with Crippen molar-refractivity contribution in [2.24, 2.45) is 0 Å². The van der Waals surface area contributed by atoms with Crippen LogP contribution in [0.3, 0.4) is 0 Å². The Hall–Kier alpha value is -2.79. The Balaban J connectivity index is 1.95. The lowest BCUT2D eigenvalue weighted by Crippen LogP contribution is -2.49. The molecule has 1 amide bonds. The van der Waals surface area contributed by atoms with Gasteiger partial charge in [0, 0.05) is 0 Å². The maximum atomic E-state index is 12.0. The zero-order chi connectivity index (χ0) is 20.6. The van der Waals surface area contributed by atoms with Crippen LogP contribution in [0.1, 0.15) is 38.8 Å². The minimum Gasteiger partial charge on any atom is -0.489 e. The quantitative estimate of drug-likeness (QED) is 0.736. The first kappa shape index (κ1) is 21.5. The fourth-order valence-electron chi connectivity index (χ4n) is 2.37. The van der Waals surface area contributed by atoms with Gasteiger partial charge in [-0.25, -0.2) is 4.79 Å². The van der Waals surface area contributed by atoms with Crippen molar-refractivity contribution < 1.29 is 19.4 Å². The van der Waals surface area contributed by atoms with E-state index in [1.165, 1.54) is 0 Å². The standard InChI is InChI=1S/C23H29NO4/c1-22(2,3)28-21(26)24-23(4,17-25)15-14-18-10-12-20(13-11-18)27-16-19-8-6-5-7-9-19/h5-15,25H,16-17H2,1-4H3,(H,24,26)/b15-14+/t23-/m1/s1. The van der Waals surface area contributed by atoms with Crippen LogP contribution in [0.2, 0.25) is 0 Å². The van der Waals surface area contributed by atoms with Gasteiger partial charge in [-0.15, -0.1) is 0 Å². The van der Waals surface area contributed by atoms with Gasteiger partial charge in [0.05, 0.1) is 12.1 Å². The highest BCUT2D eigenvalue weighted by Crippen LogP contribution is 2.17. The predicted octanol–water partition coefficient (Wildman–Crippen LogP) is 4.55. The summed E-state index contributed by atoms with van der Waals surface area (Å²) in [5, 5.41) is 12.4. The second-order valence-corrected chi connectivity index (χ2v) is 7.88. The van der Waals surface area contributed by atoms with E-state index in [0.29, 0.717) is 6.61 Å². The summed E-state index contributed by atoms with van der Waals surface area (Å²) in [6.45, 7) is 7.37. The van der Waals surface area contributed by atoms with Crippen LogP contribution in [0, 0.1) is 0 Å². The van der Waals surface area contributed by atoms with E-state index in [1.807, 2.05) is 60.7 Å². The Morgan fingerprint density at radius 1 is 1.04 bits per heavy atom. The number of nitrogens with one attached hydrogen (secondary N) is 1. The van der Waals surface area contributed by atoms with E-state index in [-0.39, 0.29) is 6.61 Å². The molecule has 0 aromatic heterocycles. The number of benzene rings is 2. The van der Waals surface area contributed by atoms with Gasteiger partial charge < -0.3 is 19.9 Å². The van der Waals surface area contributed by atoms with Gasteiger partial charge in [-0.05, 0) is 51.0 Å². The van der Waals surface area contributed by atoms with Crippen LogP contribution in [0.15, 0.2) is 60.7 Å². The summed E-state index contributed by atoms with van der Waals surface area (Å²) in [5.41, 5.74) is 0.515. The molecule has 5 heteroatoms. The summed E-state index contributed by atoms with van der Waals surface area (Å²) in [6.07, 6.45) is 3.02. The molecule has 0 saturated carbocycles. The maximum absolute atomic E-state index is 12.0. The predicted molar refractivity (Wildman–Crippen MR) is 111 cm³/mol. The number of aliphatic hydroxyl groups excluding tert-OH is 1. The van der Waals surface area contributed by atoms with Gasteiger partial charge in [0.15, 0.2) is 0 Å². The van der Waals surface area contributed by atoms with Crippen molar-refractivity contribution in [3.8, 4) is 5.75 Å². The summed E-state index contributed by atoms with van der Waals surface area (Å²) < 4.78 is 11.0. The van der Waals surface area contributed by atoms with Crippen molar-refractivity contribution in [1.82, 2.24) is 5.32 Å². The molecule has 0 radical (unpaired) electrons. The molecule has 0 fully saturated rings. The van der Waals surface area contributed by atoms with Gasteiger partial charge in [-0.2, -0.15) is 0 Å². The third-order valence-corrected chi connectivity index (χ3v) is 3.89. The molecule has 0 aliphatic carbocycles. The lowest BCUT2D eigenvalue weighted by molar-refractivity contribution is 0.0452. The number of hydrogen-bond donors (Lipinski definition) is 2. The molecule has 0 aliphatic heterocycles. The number of aliphatic hydroxyl groups is 1. The van der Waals surface area contributed by atoms with Gasteiger partial charge in [0.2, 0.25) is 0 Å². The summed E-state index contributed by atoms with van der Waals surface area (Å²) in [7, 11) is 0. The molecule has 0 unspecified atom stereocenters. The SMILES string of the molecule is CC(C)(C)OC(=O)N[C@](C)(/C=C/c1ccc(OCc2ccccc2)cc1)CO. The second kappa shape index (κ2) is 9.42. The highest BCUT2D eigenvalue weighted by molar-refractivity contribution is 5.69. The lowest BCUT2D eigenvalue weighted by Gasteiger charge is -2.27. The van der Waals surface area contributed by atoms with Crippen LogP contribution in [-0.2, 0) is 11.3 Å². The fourth-order valence-corrected chi connectivity index (χ4v) is 2.37. The largest absolute Gasteiger partial charge is 0.489 e. The molecular weight excluding hydrogens is 354 g/mol. The van der Waals surface area contributed by atoms with Gasteiger partial charge in [0.25, 0.3) is 0 Å². The molecule has 0 heterocycles. The molecule has 2 aromatic rings. The van der Waals surface area contributed by atoms with Crippen LogP contribution >= 0.6 is 0 Å². The molecule has 28 heavy (non-hydrogen) atoms. The lowest BCUT2D eigenvalue weighted by atomic mass is 10.0. The summed E-state index contributed by atoms with van der Waals surface area (Å²) in [6, 6.07) is 17.6. The Bertz CT molecular complexity index is 778. The van der Waals surface area contributed by atoms with Crippen LogP contribution in [0.5, 0.6) is 5.75 Å². The molecule has 150 valence electrons. The minimum atomic E-state index is -0.926. The van der Waals surface area contributed by atoms with Crippen molar-refractivity contribution >= 4 is 12.2 Å². The van der Waals surface area contributed by atoms with Crippen LogP contribution in [0.4, 0.5) is 4.79 Å². The van der Waals surface area contributed by atoms with Crippen molar-refractivity contribution in [2.75, 3.05) is 6.61 Å². The van der Waals surface area contributed by atoms with E-state index in [4.69, 9.17) is 9.47 Å². The molecule has 0 saturated heterocycles. The zero-order valence-electron chi connectivity index (χ0n) is 16.9. The molecule has 0 spiro atoms. The number of amides is 1. The van der Waals surface area contributed by atoms with Crippen LogP contribution in [-0.4, -0.2) is 28.9 Å². The molecule has 5 nitrogen and oxygen atoms in total. The topological polar surface area (TPSA) is 67.8 Å². The van der Waals surface area contributed by atoms with Crippen LogP contribution < -0.4 is 10.1 Å². The average Bonchev–Trinajstić information content (AvgIpc) is 2.65. The first-order chi connectivity index (χ1) is 13.2. The molecule has 0 bridgehead atoms. The van der Waals surface area contributed by atoms with Gasteiger partial charge in [-0.1, -0.05) is 54.6 Å². The molecular formula is C23H29NO4. The monoisotopic (exact) mass is 383 g/mol. The number of hydrogen-bond acceptors (Lipinski definition) is 4. The Kier molecular flexibility index (Phi) is 7.24. The molecule has 2 N–H and O–H groups in total. The number of alkyl carbamates (subject to hydrolysis) is 1. The van der Waals surface area contributed by atoms with E-state index in [2.05, 4.69) is 5.32 Å². The molecule has 2 aromatic carbocycles. The Morgan fingerprint density at radius 3 is 2.25 bits per heavy atom. The number of ether oxygens (including phenoxy) is 2. The van der Waals surface area contributed by atoms with Crippen molar-refractivity contribution in [2.45, 2.75) is 45.4 Å². The Morgan fingerprint density at radius 2 is 1.68 bits per heavy atom. The van der Waals surface area contributed by atoms with E-state index >= 15 is 0 Å². The van der Waals surface area contributed by atoms with E-state index in [1.54, 1.807) is 33.8 Å². The fraction of sp³-hybridized carbons (Fsp3) is 0.348. The van der Waals surface area contributed by atoms with Gasteiger partial charge >= 0.3 is 6.09 Å². The number of carbonyl (C=O) groups is 1. The number of carbonyl (C=O) groups excluding carboxylic acids is 1. The summed E-state index contributed by atoms with van der Waals surface area (Å²) in [5.74, 6) is 0.776. The third-order valence-electron chi connectivity index (χ3n) is 3.89. The number of rotatable bonds is 7. The average molecular weight is 383 g/mol. The van der Waals surface area contributed by atoms with E-state index in [0.717, 1.165) is 16.9 Å². The molecule has 2 rings (SSSR count). The first-order valence-electron chi connectivity index (χ1n) is 9.27. The normalized spacial score (nSPS) is 13.8. The third kappa shape index (κ3) is 7.45. The van der Waals surface area contributed by atoms with Crippen molar-refractivity contribution in [1.29, 1.82) is 0 Å². The maximum Gasteiger partial charge on any atom is 0.408 e. The second-order valence-electron chi connectivity index (χ2n) is 7.88. The summed E-state index contributed by atoms with van der Waals surface area (Å²) >= 11 is 0. The van der Waals surface area contributed by atoms with Crippen molar-refractivity contribution in [3.63, 3.8) is 0 Å². The first-order valence-corrected chi connectivity index (χ1v) is 9.27. The van der Waals surface area contributed by atoms with Gasteiger partial charge in [0.1, 0.15) is 18.0 Å². The molecule has 1 atom stereocenters. The Labute approximate surface area is 167 Å². The van der Waals surface area contributed by atoms with E-state index in [9.17, 15) is 9.90 Å². The highest BCUT2D eigenvalue weighted by Gasteiger charge is 2.25. The van der Waals surface area contributed by atoms with Gasteiger partial charge in [-0.3, -0.25) is 0 Å². The molecule has 0 aliphatic rings. The van der Waals surface area contributed by atoms with Crippen LogP contribution in [0.25, 0.3) is 6.08 Å². The smallest absolute Gasteiger partial charge is 0.408 e. The van der Waals surface area contributed by atoms with E-state index < -0.39 is 17.2 Å². The minimum absolute atomic E-state index is 0.249. The summed E-state index contributed by atoms with van der Waals surface area (Å²) in [4.78, 5) is 12.0.